The molecule has 3 rings (SSSR count). The molecule has 0 aliphatic heterocycles. The van der Waals surface area contributed by atoms with Crippen molar-refractivity contribution in [3.63, 3.8) is 0 Å². The third kappa shape index (κ3) is 3.23. The number of benzene rings is 3. The molecule has 0 bridgehead atoms. The highest BCUT2D eigenvalue weighted by molar-refractivity contribution is 7.85. The van der Waals surface area contributed by atoms with E-state index in [0.717, 1.165) is 22.6 Å². The number of aryl methyl sites for hydroxylation is 1. The molecular weight excluding hydrogens is 341 g/mol. The van der Waals surface area contributed by atoms with E-state index in [1.807, 2.05) is 72.8 Å². The molecule has 0 saturated carbocycles. The van der Waals surface area contributed by atoms with Gasteiger partial charge in [-0.1, -0.05) is 73.7 Å². The van der Waals surface area contributed by atoms with E-state index < -0.39 is 7.14 Å². The second kappa shape index (κ2) is 7.72. The molecule has 0 aromatic heterocycles. The zero-order valence-electron chi connectivity index (χ0n) is 15.0. The van der Waals surface area contributed by atoms with Gasteiger partial charge in [-0.2, -0.15) is 0 Å². The second-order valence-electron chi connectivity index (χ2n) is 6.06. The average molecular weight is 363 g/mol. The van der Waals surface area contributed by atoms with E-state index >= 15 is 0 Å². The summed E-state index contributed by atoms with van der Waals surface area (Å²) < 4.78 is 14.5. The molecule has 1 amide bonds. The standard InChI is InChI=1S/C22H22NO2P/c1-3-17-14-15-20(22(24)23-2)21(16-17)26(25,18-10-6-4-7-11-18)19-12-8-5-9-13-19/h4-16H,3H2,1-2H3,(H,23,24). The molecule has 0 saturated heterocycles. The van der Waals surface area contributed by atoms with E-state index in [1.54, 1.807) is 13.1 Å². The summed E-state index contributed by atoms with van der Waals surface area (Å²) in [7, 11) is -1.59. The van der Waals surface area contributed by atoms with Crippen LogP contribution in [0.4, 0.5) is 0 Å². The van der Waals surface area contributed by atoms with E-state index in [4.69, 9.17) is 0 Å². The molecule has 0 aliphatic carbocycles. The molecular formula is C22H22NO2P. The molecule has 0 atom stereocenters. The van der Waals surface area contributed by atoms with E-state index in [1.165, 1.54) is 0 Å². The van der Waals surface area contributed by atoms with Crippen LogP contribution in [0.25, 0.3) is 0 Å². The number of nitrogens with one attached hydrogen (secondary N) is 1. The Morgan fingerprint density at radius 2 is 1.42 bits per heavy atom. The summed E-state index contributed by atoms with van der Waals surface area (Å²) in [5, 5.41) is 4.72. The Balaban J connectivity index is 2.37. The SMILES string of the molecule is CCc1ccc(C(=O)NC)c(P(=O)(c2ccccc2)c2ccccc2)c1. The molecule has 4 heteroatoms. The molecule has 0 fully saturated rings. The number of carbonyl (C=O) groups excluding carboxylic acids is 1. The molecule has 0 unspecified atom stereocenters. The molecule has 3 aromatic rings. The number of rotatable bonds is 5. The zero-order valence-corrected chi connectivity index (χ0v) is 15.9. The van der Waals surface area contributed by atoms with E-state index in [0.29, 0.717) is 10.9 Å². The van der Waals surface area contributed by atoms with Gasteiger partial charge in [-0.3, -0.25) is 4.79 Å². The summed E-state index contributed by atoms with van der Waals surface area (Å²) >= 11 is 0. The number of hydrogen-bond acceptors (Lipinski definition) is 2. The predicted octanol–water partition coefficient (Wildman–Crippen LogP) is 3.25. The zero-order chi connectivity index (χ0) is 18.6. The van der Waals surface area contributed by atoms with Crippen LogP contribution in [-0.2, 0) is 11.0 Å². The minimum Gasteiger partial charge on any atom is -0.355 e. The van der Waals surface area contributed by atoms with Crippen LogP contribution in [0.15, 0.2) is 78.9 Å². The molecule has 0 heterocycles. The number of carbonyl (C=O) groups is 1. The lowest BCUT2D eigenvalue weighted by atomic mass is 10.1. The first-order valence-electron chi connectivity index (χ1n) is 8.68. The van der Waals surface area contributed by atoms with E-state index in [2.05, 4.69) is 12.2 Å². The molecule has 1 N–H and O–H groups in total. The maximum absolute atomic E-state index is 14.5. The molecule has 3 nitrogen and oxygen atoms in total. The van der Waals surface area contributed by atoms with Gasteiger partial charge in [0.1, 0.15) is 0 Å². The van der Waals surface area contributed by atoms with Crippen molar-refractivity contribution in [1.82, 2.24) is 5.32 Å². The van der Waals surface area contributed by atoms with Gasteiger partial charge in [0.05, 0.1) is 5.56 Å². The summed E-state index contributed by atoms with van der Waals surface area (Å²) in [5.74, 6) is -0.227. The highest BCUT2D eigenvalue weighted by Gasteiger charge is 2.33. The monoisotopic (exact) mass is 363 g/mol. The third-order valence-corrected chi connectivity index (χ3v) is 7.62. The lowest BCUT2D eigenvalue weighted by molar-refractivity contribution is 0.0964. The largest absolute Gasteiger partial charge is 0.355 e. The van der Waals surface area contributed by atoms with Crippen molar-refractivity contribution in [2.45, 2.75) is 13.3 Å². The maximum atomic E-state index is 14.5. The molecule has 0 aliphatic rings. The Bertz CT molecular complexity index is 909. The minimum atomic E-state index is -3.18. The van der Waals surface area contributed by atoms with Gasteiger partial charge in [0.2, 0.25) is 0 Å². The van der Waals surface area contributed by atoms with Crippen molar-refractivity contribution in [3.05, 3.63) is 90.0 Å². The first kappa shape index (κ1) is 18.2. The van der Waals surface area contributed by atoms with Crippen molar-refractivity contribution < 1.29 is 9.36 Å². The minimum absolute atomic E-state index is 0.227. The van der Waals surface area contributed by atoms with Gasteiger partial charge >= 0.3 is 0 Å². The first-order chi connectivity index (χ1) is 12.6. The van der Waals surface area contributed by atoms with Crippen LogP contribution in [0.5, 0.6) is 0 Å². The fourth-order valence-corrected chi connectivity index (χ4v) is 5.99. The van der Waals surface area contributed by atoms with Gasteiger partial charge in [-0.25, -0.2) is 0 Å². The fraction of sp³-hybridized carbons (Fsp3) is 0.136. The topological polar surface area (TPSA) is 46.2 Å². The highest BCUT2D eigenvalue weighted by Crippen LogP contribution is 2.43. The Hall–Kier alpha value is -2.64. The van der Waals surface area contributed by atoms with Crippen LogP contribution in [0, 0.1) is 0 Å². The fourth-order valence-electron chi connectivity index (χ4n) is 3.09. The highest BCUT2D eigenvalue weighted by atomic mass is 31.2. The lowest BCUT2D eigenvalue weighted by Crippen LogP contribution is -2.32. The van der Waals surface area contributed by atoms with Gasteiger partial charge < -0.3 is 9.88 Å². The van der Waals surface area contributed by atoms with Gasteiger partial charge in [0.25, 0.3) is 5.91 Å². The maximum Gasteiger partial charge on any atom is 0.251 e. The van der Waals surface area contributed by atoms with Crippen LogP contribution in [-0.4, -0.2) is 13.0 Å². The van der Waals surface area contributed by atoms with Crippen molar-refractivity contribution in [3.8, 4) is 0 Å². The molecule has 26 heavy (non-hydrogen) atoms. The Kier molecular flexibility index (Phi) is 5.39. The van der Waals surface area contributed by atoms with Gasteiger partial charge in [-0.05, 0) is 24.1 Å². The third-order valence-electron chi connectivity index (χ3n) is 4.52. The smallest absolute Gasteiger partial charge is 0.251 e. The molecule has 0 spiro atoms. The Morgan fingerprint density at radius 3 is 1.88 bits per heavy atom. The Labute approximate surface area is 154 Å². The van der Waals surface area contributed by atoms with Crippen LogP contribution < -0.4 is 21.2 Å². The van der Waals surface area contributed by atoms with E-state index in [9.17, 15) is 9.36 Å². The predicted molar refractivity (Wildman–Crippen MR) is 109 cm³/mol. The average Bonchev–Trinajstić information content (AvgIpc) is 2.73. The van der Waals surface area contributed by atoms with Gasteiger partial charge in [0, 0.05) is 23.0 Å². The van der Waals surface area contributed by atoms with E-state index in [-0.39, 0.29) is 5.91 Å². The van der Waals surface area contributed by atoms with Crippen molar-refractivity contribution in [2.24, 2.45) is 0 Å². The quantitative estimate of drug-likeness (QED) is 0.708. The number of amides is 1. The summed E-state index contributed by atoms with van der Waals surface area (Å²) in [5.41, 5.74) is 1.51. The molecule has 132 valence electrons. The van der Waals surface area contributed by atoms with Gasteiger partial charge in [-0.15, -0.1) is 0 Å². The first-order valence-corrected chi connectivity index (χ1v) is 10.4. The van der Waals surface area contributed by atoms with Crippen LogP contribution >= 0.6 is 7.14 Å². The van der Waals surface area contributed by atoms with Crippen molar-refractivity contribution in [1.29, 1.82) is 0 Å². The van der Waals surface area contributed by atoms with Crippen LogP contribution in [0.3, 0.4) is 0 Å². The summed E-state index contributed by atoms with van der Waals surface area (Å²) in [6.45, 7) is 2.05. The summed E-state index contributed by atoms with van der Waals surface area (Å²) in [6.07, 6.45) is 0.810. The lowest BCUT2D eigenvalue weighted by Gasteiger charge is -2.23. The normalized spacial score (nSPS) is 11.2. The second-order valence-corrected chi connectivity index (χ2v) is 8.80. The van der Waals surface area contributed by atoms with Crippen molar-refractivity contribution >= 4 is 29.0 Å². The van der Waals surface area contributed by atoms with Gasteiger partial charge in [0.15, 0.2) is 7.14 Å². The van der Waals surface area contributed by atoms with Crippen LogP contribution in [0.2, 0.25) is 0 Å². The van der Waals surface area contributed by atoms with Crippen LogP contribution in [0.1, 0.15) is 22.8 Å². The molecule has 0 radical (unpaired) electrons. The molecule has 3 aromatic carbocycles. The summed E-state index contributed by atoms with van der Waals surface area (Å²) in [4.78, 5) is 12.5. The summed E-state index contributed by atoms with van der Waals surface area (Å²) in [6, 6.07) is 24.5. The number of hydrogen-bond donors (Lipinski definition) is 1. The Morgan fingerprint density at radius 1 is 0.885 bits per heavy atom. The van der Waals surface area contributed by atoms with Crippen molar-refractivity contribution in [2.75, 3.05) is 7.05 Å².